The Morgan fingerprint density at radius 2 is 1.68 bits per heavy atom. The molecule has 3 amide bonds. The normalized spacial score (nSPS) is 17.0. The molecule has 5 heteroatoms. The Hall–Kier alpha value is -2.04. The molecule has 0 bridgehead atoms. The molecule has 5 nitrogen and oxygen atoms in total. The van der Waals surface area contributed by atoms with Crippen LogP contribution in [0.25, 0.3) is 0 Å². The van der Waals surface area contributed by atoms with Crippen LogP contribution in [0.15, 0.2) is 30.3 Å². The lowest BCUT2D eigenvalue weighted by Gasteiger charge is -2.30. The summed E-state index contributed by atoms with van der Waals surface area (Å²) < 4.78 is 0. The van der Waals surface area contributed by atoms with Gasteiger partial charge >= 0.3 is 6.03 Å². The van der Waals surface area contributed by atoms with Gasteiger partial charge in [-0.1, -0.05) is 44.2 Å². The van der Waals surface area contributed by atoms with Crippen LogP contribution in [0, 0.1) is 0 Å². The molecule has 1 aromatic rings. The molecular formula is C20H31N3O2. The van der Waals surface area contributed by atoms with Crippen LogP contribution in [-0.2, 0) is 10.2 Å². The van der Waals surface area contributed by atoms with Gasteiger partial charge in [0.2, 0.25) is 5.91 Å². The van der Waals surface area contributed by atoms with E-state index in [1.54, 1.807) is 6.92 Å². The number of carbonyl (C=O) groups is 2. The zero-order valence-corrected chi connectivity index (χ0v) is 15.9. The largest absolute Gasteiger partial charge is 0.341 e. The van der Waals surface area contributed by atoms with E-state index in [0.29, 0.717) is 19.6 Å². The predicted octanol–water partition coefficient (Wildman–Crippen LogP) is 3.01. The Labute approximate surface area is 151 Å². The van der Waals surface area contributed by atoms with Crippen LogP contribution in [-0.4, -0.2) is 54.0 Å². The predicted molar refractivity (Wildman–Crippen MR) is 101 cm³/mol. The number of rotatable bonds is 4. The van der Waals surface area contributed by atoms with Gasteiger partial charge in [-0.05, 0) is 30.7 Å². The molecule has 2 rings (SSSR count). The summed E-state index contributed by atoms with van der Waals surface area (Å²) in [7, 11) is 0. The Morgan fingerprint density at radius 3 is 2.32 bits per heavy atom. The van der Waals surface area contributed by atoms with Crippen LogP contribution in [0.3, 0.4) is 0 Å². The molecule has 1 heterocycles. The molecule has 1 aliphatic rings. The molecule has 0 aliphatic carbocycles. The van der Waals surface area contributed by atoms with E-state index < -0.39 is 0 Å². The Bertz CT molecular complexity index is 586. The van der Waals surface area contributed by atoms with Crippen molar-refractivity contribution in [2.45, 2.75) is 52.0 Å². The van der Waals surface area contributed by atoms with E-state index in [1.165, 1.54) is 5.56 Å². The number of benzene rings is 1. The zero-order chi connectivity index (χ0) is 18.4. The van der Waals surface area contributed by atoms with Crippen LogP contribution < -0.4 is 5.32 Å². The van der Waals surface area contributed by atoms with Crippen molar-refractivity contribution in [3.05, 3.63) is 35.9 Å². The van der Waals surface area contributed by atoms with Crippen LogP contribution >= 0.6 is 0 Å². The SMILES string of the molecule is CC(=O)N1CCCN(C(=O)NC(C)CC(C)(C)c2ccccc2)CC1. The van der Waals surface area contributed by atoms with E-state index in [-0.39, 0.29) is 23.4 Å². The second kappa shape index (κ2) is 8.37. The zero-order valence-electron chi connectivity index (χ0n) is 15.9. The van der Waals surface area contributed by atoms with Crippen LogP contribution in [0.4, 0.5) is 4.79 Å². The molecule has 1 aromatic carbocycles. The topological polar surface area (TPSA) is 52.7 Å². The quantitative estimate of drug-likeness (QED) is 0.912. The molecule has 1 fully saturated rings. The summed E-state index contributed by atoms with van der Waals surface area (Å²) in [6, 6.07) is 10.5. The fourth-order valence-electron chi connectivity index (χ4n) is 3.56. The van der Waals surface area contributed by atoms with Crippen molar-refractivity contribution in [2.24, 2.45) is 0 Å². The molecule has 1 aliphatic heterocycles. The molecule has 25 heavy (non-hydrogen) atoms. The molecule has 1 N–H and O–H groups in total. The van der Waals surface area contributed by atoms with Crippen molar-refractivity contribution in [3.63, 3.8) is 0 Å². The van der Waals surface area contributed by atoms with E-state index in [4.69, 9.17) is 0 Å². The lowest BCUT2D eigenvalue weighted by molar-refractivity contribution is -0.128. The maximum absolute atomic E-state index is 12.6. The minimum absolute atomic E-state index is 0.00181. The average molecular weight is 345 g/mol. The molecule has 0 radical (unpaired) electrons. The van der Waals surface area contributed by atoms with E-state index >= 15 is 0 Å². The maximum atomic E-state index is 12.6. The average Bonchev–Trinajstić information content (AvgIpc) is 2.81. The summed E-state index contributed by atoms with van der Waals surface area (Å²) in [6.07, 6.45) is 1.70. The molecule has 1 atom stereocenters. The first-order chi connectivity index (χ1) is 11.8. The highest BCUT2D eigenvalue weighted by Gasteiger charge is 2.26. The van der Waals surface area contributed by atoms with Crippen LogP contribution in [0.2, 0.25) is 0 Å². The van der Waals surface area contributed by atoms with E-state index in [9.17, 15) is 9.59 Å². The van der Waals surface area contributed by atoms with Crippen molar-refractivity contribution in [1.29, 1.82) is 0 Å². The standard InChI is InChI=1S/C20H31N3O2/c1-16(15-20(3,4)18-9-6-5-7-10-18)21-19(25)23-12-8-11-22(13-14-23)17(2)24/h5-7,9-10,16H,8,11-15H2,1-4H3,(H,21,25). The smallest absolute Gasteiger partial charge is 0.317 e. The number of nitrogens with zero attached hydrogens (tertiary/aromatic N) is 2. The van der Waals surface area contributed by atoms with Crippen LogP contribution in [0.1, 0.15) is 46.1 Å². The highest BCUT2D eigenvalue weighted by molar-refractivity contribution is 5.75. The Kier molecular flexibility index (Phi) is 6.45. The fraction of sp³-hybridized carbons (Fsp3) is 0.600. The number of nitrogens with one attached hydrogen (secondary N) is 1. The van der Waals surface area contributed by atoms with Crippen molar-refractivity contribution < 1.29 is 9.59 Å². The minimum Gasteiger partial charge on any atom is -0.341 e. The minimum atomic E-state index is -0.0261. The Balaban J connectivity index is 1.88. The number of hydrogen-bond donors (Lipinski definition) is 1. The van der Waals surface area contributed by atoms with Gasteiger partial charge in [0.25, 0.3) is 0 Å². The van der Waals surface area contributed by atoms with Gasteiger partial charge in [0, 0.05) is 39.1 Å². The van der Waals surface area contributed by atoms with Gasteiger partial charge in [-0.3, -0.25) is 4.79 Å². The molecule has 1 saturated heterocycles. The molecule has 1 unspecified atom stereocenters. The van der Waals surface area contributed by atoms with Crippen molar-refractivity contribution >= 4 is 11.9 Å². The highest BCUT2D eigenvalue weighted by atomic mass is 16.2. The Morgan fingerprint density at radius 1 is 1.08 bits per heavy atom. The molecular weight excluding hydrogens is 314 g/mol. The lowest BCUT2D eigenvalue weighted by atomic mass is 9.79. The number of urea groups is 1. The molecule has 0 spiro atoms. The number of amides is 3. The summed E-state index contributed by atoms with van der Waals surface area (Å²) in [5.74, 6) is 0.0836. The van der Waals surface area contributed by atoms with E-state index in [1.807, 2.05) is 15.9 Å². The molecule has 138 valence electrons. The fourth-order valence-corrected chi connectivity index (χ4v) is 3.56. The first kappa shape index (κ1) is 19.3. The first-order valence-electron chi connectivity index (χ1n) is 9.16. The van der Waals surface area contributed by atoms with Gasteiger partial charge < -0.3 is 15.1 Å². The second-order valence-corrected chi connectivity index (χ2v) is 7.65. The van der Waals surface area contributed by atoms with Crippen molar-refractivity contribution in [2.75, 3.05) is 26.2 Å². The van der Waals surface area contributed by atoms with E-state index in [0.717, 1.165) is 19.4 Å². The summed E-state index contributed by atoms with van der Waals surface area (Å²) in [5, 5.41) is 3.13. The molecule has 0 aromatic heterocycles. The first-order valence-corrected chi connectivity index (χ1v) is 9.16. The van der Waals surface area contributed by atoms with Gasteiger partial charge in [0.15, 0.2) is 0 Å². The van der Waals surface area contributed by atoms with E-state index in [2.05, 4.69) is 50.4 Å². The van der Waals surface area contributed by atoms with Crippen molar-refractivity contribution in [3.8, 4) is 0 Å². The third-order valence-electron chi connectivity index (χ3n) is 4.97. The highest BCUT2D eigenvalue weighted by Crippen LogP contribution is 2.28. The van der Waals surface area contributed by atoms with Gasteiger partial charge in [0.1, 0.15) is 0 Å². The summed E-state index contributed by atoms with van der Waals surface area (Å²) in [4.78, 5) is 27.7. The number of carbonyl (C=O) groups excluding carboxylic acids is 2. The van der Waals surface area contributed by atoms with Crippen molar-refractivity contribution in [1.82, 2.24) is 15.1 Å². The van der Waals surface area contributed by atoms with Crippen LogP contribution in [0.5, 0.6) is 0 Å². The third-order valence-corrected chi connectivity index (χ3v) is 4.97. The third kappa shape index (κ3) is 5.48. The van der Waals surface area contributed by atoms with Gasteiger partial charge in [0.05, 0.1) is 0 Å². The summed E-state index contributed by atoms with van der Waals surface area (Å²) in [6.45, 7) is 10.7. The maximum Gasteiger partial charge on any atom is 0.317 e. The van der Waals surface area contributed by atoms with Gasteiger partial charge in [-0.25, -0.2) is 4.79 Å². The second-order valence-electron chi connectivity index (χ2n) is 7.65. The summed E-state index contributed by atoms with van der Waals surface area (Å²) in [5.41, 5.74) is 1.28. The van der Waals surface area contributed by atoms with Gasteiger partial charge in [-0.15, -0.1) is 0 Å². The summed E-state index contributed by atoms with van der Waals surface area (Å²) >= 11 is 0. The number of hydrogen-bond acceptors (Lipinski definition) is 2. The molecule has 0 saturated carbocycles. The van der Waals surface area contributed by atoms with Gasteiger partial charge in [-0.2, -0.15) is 0 Å². The monoisotopic (exact) mass is 345 g/mol. The lowest BCUT2D eigenvalue weighted by Crippen LogP contribution is -2.46.